The Morgan fingerprint density at radius 1 is 1.26 bits per heavy atom. The number of aromatic carboxylic acids is 1. The zero-order valence-electron chi connectivity index (χ0n) is 12.1. The molecule has 1 aromatic carbocycles. The number of furan rings is 1. The van der Waals surface area contributed by atoms with E-state index in [9.17, 15) is 14.4 Å². The normalized spacial score (nSPS) is 17.7. The van der Waals surface area contributed by atoms with Crippen molar-refractivity contribution in [3.05, 3.63) is 59.5 Å². The molecule has 1 saturated heterocycles. The summed E-state index contributed by atoms with van der Waals surface area (Å²) in [6.45, 7) is 0.646. The fourth-order valence-electron chi connectivity index (χ4n) is 2.55. The van der Waals surface area contributed by atoms with Crippen LogP contribution in [0.3, 0.4) is 0 Å². The number of hydrogen-bond donors (Lipinski definition) is 2. The molecule has 3 rings (SSSR count). The maximum Gasteiger partial charge on any atom is 0.338 e. The number of benzene rings is 1. The second-order valence-electron chi connectivity index (χ2n) is 5.11. The molecule has 0 bridgehead atoms. The highest BCUT2D eigenvalue weighted by Crippen LogP contribution is 2.25. The second kappa shape index (κ2) is 5.96. The highest BCUT2D eigenvalue weighted by atomic mass is 16.4. The maximum atomic E-state index is 12.6. The molecule has 7 heteroatoms. The second-order valence-corrected chi connectivity index (χ2v) is 5.11. The van der Waals surface area contributed by atoms with Crippen molar-refractivity contribution < 1.29 is 23.9 Å². The quantitative estimate of drug-likeness (QED) is 0.889. The van der Waals surface area contributed by atoms with Crippen LogP contribution in [0.15, 0.2) is 47.1 Å². The summed E-state index contributed by atoms with van der Waals surface area (Å²) in [5.74, 6) is -2.07. The lowest BCUT2D eigenvalue weighted by Crippen LogP contribution is -2.52. The highest BCUT2D eigenvalue weighted by Gasteiger charge is 2.36. The smallest absolute Gasteiger partial charge is 0.338 e. The minimum Gasteiger partial charge on any atom is -0.478 e. The standard InChI is InChI=1S/C16H14N2O5/c19-14-13(10-4-2-1-3-5-10)18(7-6-17-14)15(20)12-8-11(9-23-12)16(21)22/h1-5,8-9,13H,6-7H2,(H,17,19)(H,21,22). The van der Waals surface area contributed by atoms with Crippen molar-refractivity contribution in [3.63, 3.8) is 0 Å². The van der Waals surface area contributed by atoms with Crippen LogP contribution in [0, 0.1) is 0 Å². The Morgan fingerprint density at radius 3 is 2.65 bits per heavy atom. The molecule has 7 nitrogen and oxygen atoms in total. The number of nitrogens with one attached hydrogen (secondary N) is 1. The Balaban J connectivity index is 1.93. The molecule has 1 fully saturated rings. The van der Waals surface area contributed by atoms with Gasteiger partial charge in [0.05, 0.1) is 5.56 Å². The number of carbonyl (C=O) groups is 3. The molecular weight excluding hydrogens is 300 g/mol. The van der Waals surface area contributed by atoms with Crippen molar-refractivity contribution in [2.45, 2.75) is 6.04 Å². The first-order valence-corrected chi connectivity index (χ1v) is 7.03. The third kappa shape index (κ3) is 2.80. The topological polar surface area (TPSA) is 99.8 Å². The predicted octanol–water partition coefficient (Wildman–Crippen LogP) is 1.29. The Kier molecular flexibility index (Phi) is 3.84. The van der Waals surface area contributed by atoms with Gasteiger partial charge in [-0.15, -0.1) is 0 Å². The number of carbonyl (C=O) groups excluding carboxylic acids is 2. The fourth-order valence-corrected chi connectivity index (χ4v) is 2.55. The van der Waals surface area contributed by atoms with E-state index in [1.54, 1.807) is 24.3 Å². The minimum absolute atomic E-state index is 0.0990. The van der Waals surface area contributed by atoms with Gasteiger partial charge in [0.15, 0.2) is 5.76 Å². The van der Waals surface area contributed by atoms with Crippen LogP contribution in [-0.4, -0.2) is 40.9 Å². The van der Waals surface area contributed by atoms with Gasteiger partial charge in [0, 0.05) is 19.2 Å². The number of carboxylic acid groups (broad SMARTS) is 1. The predicted molar refractivity (Wildman–Crippen MR) is 78.9 cm³/mol. The van der Waals surface area contributed by atoms with Crippen molar-refractivity contribution in [2.75, 3.05) is 13.1 Å². The molecule has 0 radical (unpaired) electrons. The van der Waals surface area contributed by atoms with Gasteiger partial charge in [0.1, 0.15) is 12.3 Å². The monoisotopic (exact) mass is 314 g/mol. The third-order valence-corrected chi connectivity index (χ3v) is 3.65. The highest BCUT2D eigenvalue weighted by molar-refractivity contribution is 5.98. The number of rotatable bonds is 3. The fraction of sp³-hybridized carbons (Fsp3) is 0.188. The summed E-state index contributed by atoms with van der Waals surface area (Å²) in [4.78, 5) is 37.1. The zero-order valence-corrected chi connectivity index (χ0v) is 12.1. The van der Waals surface area contributed by atoms with E-state index < -0.39 is 17.9 Å². The molecule has 2 aromatic rings. The molecule has 0 aliphatic carbocycles. The molecule has 2 heterocycles. The molecule has 1 atom stereocenters. The first-order chi connectivity index (χ1) is 11.1. The van der Waals surface area contributed by atoms with Gasteiger partial charge in [-0.05, 0) is 5.56 Å². The molecule has 0 spiro atoms. The van der Waals surface area contributed by atoms with Crippen LogP contribution in [0.4, 0.5) is 0 Å². The van der Waals surface area contributed by atoms with Gasteiger partial charge in [-0.25, -0.2) is 4.79 Å². The SMILES string of the molecule is O=C(O)c1coc(C(=O)N2CCNC(=O)C2c2ccccc2)c1. The first-order valence-electron chi connectivity index (χ1n) is 7.03. The van der Waals surface area contributed by atoms with Crippen LogP contribution in [0.1, 0.15) is 32.5 Å². The lowest BCUT2D eigenvalue weighted by molar-refractivity contribution is -0.128. The van der Waals surface area contributed by atoms with Crippen molar-refractivity contribution >= 4 is 17.8 Å². The van der Waals surface area contributed by atoms with E-state index in [2.05, 4.69) is 5.32 Å². The van der Waals surface area contributed by atoms with Gasteiger partial charge in [0.2, 0.25) is 5.91 Å². The Morgan fingerprint density at radius 2 is 2.00 bits per heavy atom. The number of carboxylic acids is 1. The number of amides is 2. The van der Waals surface area contributed by atoms with Crippen LogP contribution in [0.25, 0.3) is 0 Å². The Bertz CT molecular complexity index is 753. The van der Waals surface area contributed by atoms with E-state index in [0.29, 0.717) is 18.7 Å². The van der Waals surface area contributed by atoms with Gasteiger partial charge < -0.3 is 19.7 Å². The maximum absolute atomic E-state index is 12.6. The van der Waals surface area contributed by atoms with Crippen molar-refractivity contribution in [1.29, 1.82) is 0 Å². The molecule has 1 unspecified atom stereocenters. The van der Waals surface area contributed by atoms with E-state index >= 15 is 0 Å². The Hall–Kier alpha value is -3.09. The van der Waals surface area contributed by atoms with Crippen LogP contribution in [0.2, 0.25) is 0 Å². The first kappa shape index (κ1) is 14.8. The number of piperazine rings is 1. The van der Waals surface area contributed by atoms with Gasteiger partial charge in [0.25, 0.3) is 5.91 Å². The Labute approximate surface area is 131 Å². The van der Waals surface area contributed by atoms with E-state index in [0.717, 1.165) is 6.26 Å². The zero-order chi connectivity index (χ0) is 16.4. The molecule has 2 N–H and O–H groups in total. The van der Waals surface area contributed by atoms with Gasteiger partial charge in [-0.3, -0.25) is 9.59 Å². The summed E-state index contributed by atoms with van der Waals surface area (Å²) in [5.41, 5.74) is 0.578. The average Bonchev–Trinajstić information content (AvgIpc) is 3.05. The largest absolute Gasteiger partial charge is 0.478 e. The summed E-state index contributed by atoms with van der Waals surface area (Å²) in [7, 11) is 0. The summed E-state index contributed by atoms with van der Waals surface area (Å²) in [6.07, 6.45) is 1.01. The molecule has 0 saturated carbocycles. The molecule has 23 heavy (non-hydrogen) atoms. The molecule has 118 valence electrons. The summed E-state index contributed by atoms with van der Waals surface area (Å²) >= 11 is 0. The summed E-state index contributed by atoms with van der Waals surface area (Å²) in [6, 6.07) is 9.32. The van der Waals surface area contributed by atoms with Crippen LogP contribution in [0.5, 0.6) is 0 Å². The van der Waals surface area contributed by atoms with Gasteiger partial charge >= 0.3 is 5.97 Å². The molecule has 2 amide bonds. The van der Waals surface area contributed by atoms with E-state index in [4.69, 9.17) is 9.52 Å². The van der Waals surface area contributed by atoms with E-state index in [-0.39, 0.29) is 17.2 Å². The van der Waals surface area contributed by atoms with Crippen molar-refractivity contribution in [2.24, 2.45) is 0 Å². The summed E-state index contributed by atoms with van der Waals surface area (Å²) in [5, 5.41) is 11.6. The van der Waals surface area contributed by atoms with Gasteiger partial charge in [-0.1, -0.05) is 30.3 Å². The van der Waals surface area contributed by atoms with E-state index in [1.807, 2.05) is 6.07 Å². The number of nitrogens with zero attached hydrogens (tertiary/aromatic N) is 1. The average molecular weight is 314 g/mol. The number of hydrogen-bond acceptors (Lipinski definition) is 4. The van der Waals surface area contributed by atoms with Crippen molar-refractivity contribution in [1.82, 2.24) is 10.2 Å². The van der Waals surface area contributed by atoms with Crippen molar-refractivity contribution in [3.8, 4) is 0 Å². The van der Waals surface area contributed by atoms with E-state index in [1.165, 1.54) is 11.0 Å². The third-order valence-electron chi connectivity index (χ3n) is 3.65. The lowest BCUT2D eigenvalue weighted by Gasteiger charge is -2.34. The lowest BCUT2D eigenvalue weighted by atomic mass is 10.0. The molecule has 1 aromatic heterocycles. The summed E-state index contributed by atoms with van der Waals surface area (Å²) < 4.78 is 5.06. The minimum atomic E-state index is -1.18. The van der Waals surface area contributed by atoms with Crippen LogP contribution in [-0.2, 0) is 4.79 Å². The molecule has 1 aliphatic heterocycles. The van der Waals surface area contributed by atoms with Crippen LogP contribution < -0.4 is 5.32 Å². The molecular formula is C16H14N2O5. The molecule has 1 aliphatic rings. The van der Waals surface area contributed by atoms with Crippen LogP contribution >= 0.6 is 0 Å². The van der Waals surface area contributed by atoms with Gasteiger partial charge in [-0.2, -0.15) is 0 Å².